The van der Waals surface area contributed by atoms with Crippen molar-refractivity contribution in [3.8, 4) is 0 Å². The molecule has 0 saturated carbocycles. The van der Waals surface area contributed by atoms with Gasteiger partial charge >= 0.3 is 6.18 Å². The van der Waals surface area contributed by atoms with Crippen molar-refractivity contribution in [3.63, 3.8) is 0 Å². The summed E-state index contributed by atoms with van der Waals surface area (Å²) in [5, 5.41) is 0.104. The first-order chi connectivity index (χ1) is 13.8. The Morgan fingerprint density at radius 1 is 1.17 bits per heavy atom. The van der Waals surface area contributed by atoms with Crippen molar-refractivity contribution in [1.29, 1.82) is 0 Å². The first kappa shape index (κ1) is 21.4. The standard InChI is InChI=1S/C20H23F3N4OS/c1-3-26(2)18(28)15-8-6-14(7-9-15)13-29-19-24-16(20(21,22)23)12-17(25-19)27-10-4-5-11-27/h6-9,12H,3-5,10-11,13H2,1-2H3. The number of benzene rings is 1. The molecule has 0 radical (unpaired) electrons. The lowest BCUT2D eigenvalue weighted by Crippen LogP contribution is -2.26. The molecule has 3 rings (SSSR count). The largest absolute Gasteiger partial charge is 0.433 e. The summed E-state index contributed by atoms with van der Waals surface area (Å²) >= 11 is 1.16. The fraction of sp³-hybridized carbons (Fsp3) is 0.450. The first-order valence-electron chi connectivity index (χ1n) is 9.46. The van der Waals surface area contributed by atoms with Gasteiger partial charge in [0.05, 0.1) is 0 Å². The maximum Gasteiger partial charge on any atom is 0.433 e. The number of thioether (sulfide) groups is 1. The Hall–Kier alpha value is -2.29. The lowest BCUT2D eigenvalue weighted by atomic mass is 10.1. The van der Waals surface area contributed by atoms with Gasteiger partial charge in [0, 0.05) is 44.1 Å². The van der Waals surface area contributed by atoms with E-state index in [2.05, 4.69) is 9.97 Å². The third-order valence-corrected chi connectivity index (χ3v) is 5.72. The van der Waals surface area contributed by atoms with Crippen LogP contribution in [-0.4, -0.2) is 47.5 Å². The number of aromatic nitrogens is 2. The average Bonchev–Trinajstić information content (AvgIpc) is 3.25. The second-order valence-corrected chi connectivity index (χ2v) is 7.83. The van der Waals surface area contributed by atoms with E-state index in [-0.39, 0.29) is 11.1 Å². The monoisotopic (exact) mass is 424 g/mol. The minimum atomic E-state index is -4.51. The molecule has 9 heteroatoms. The van der Waals surface area contributed by atoms with E-state index in [0.717, 1.165) is 36.2 Å². The summed E-state index contributed by atoms with van der Waals surface area (Å²) in [6.45, 7) is 3.93. The molecule has 1 aromatic carbocycles. The minimum Gasteiger partial charge on any atom is -0.356 e. The predicted octanol–water partition coefficient (Wildman–Crippen LogP) is 4.48. The predicted molar refractivity (Wildman–Crippen MR) is 107 cm³/mol. The van der Waals surface area contributed by atoms with Crippen LogP contribution in [0.5, 0.6) is 0 Å². The normalized spacial score (nSPS) is 14.3. The van der Waals surface area contributed by atoms with Crippen LogP contribution in [0.15, 0.2) is 35.5 Å². The van der Waals surface area contributed by atoms with Crippen molar-refractivity contribution in [1.82, 2.24) is 14.9 Å². The Morgan fingerprint density at radius 2 is 1.83 bits per heavy atom. The smallest absolute Gasteiger partial charge is 0.356 e. The Kier molecular flexibility index (Phi) is 6.66. The van der Waals surface area contributed by atoms with E-state index in [1.807, 2.05) is 11.8 Å². The molecule has 5 nitrogen and oxygen atoms in total. The quantitative estimate of drug-likeness (QED) is 0.506. The molecule has 2 heterocycles. The van der Waals surface area contributed by atoms with Gasteiger partial charge in [0.1, 0.15) is 5.82 Å². The number of amides is 1. The molecule has 0 aliphatic carbocycles. The van der Waals surface area contributed by atoms with Crippen LogP contribution in [0, 0.1) is 0 Å². The van der Waals surface area contributed by atoms with Crippen molar-refractivity contribution < 1.29 is 18.0 Å². The molecule has 1 aromatic heterocycles. The van der Waals surface area contributed by atoms with Gasteiger partial charge in [-0.05, 0) is 37.5 Å². The fourth-order valence-electron chi connectivity index (χ4n) is 2.99. The third kappa shape index (κ3) is 5.41. The van der Waals surface area contributed by atoms with Crippen molar-refractivity contribution in [3.05, 3.63) is 47.2 Å². The van der Waals surface area contributed by atoms with Crippen molar-refractivity contribution in [2.24, 2.45) is 0 Å². The van der Waals surface area contributed by atoms with Gasteiger partial charge in [0.25, 0.3) is 5.91 Å². The molecule has 1 amide bonds. The number of alkyl halides is 3. The van der Waals surface area contributed by atoms with Crippen molar-refractivity contribution >= 4 is 23.5 Å². The molecule has 0 unspecified atom stereocenters. The van der Waals surface area contributed by atoms with Crippen LogP contribution in [0.3, 0.4) is 0 Å². The number of anilines is 1. The zero-order valence-electron chi connectivity index (χ0n) is 16.4. The molecule has 2 aromatic rings. The molecule has 0 spiro atoms. The average molecular weight is 424 g/mol. The van der Waals surface area contributed by atoms with Gasteiger partial charge in [0.2, 0.25) is 0 Å². The van der Waals surface area contributed by atoms with Gasteiger partial charge in [-0.25, -0.2) is 9.97 Å². The number of carbonyl (C=O) groups excluding carboxylic acids is 1. The summed E-state index contributed by atoms with van der Waals surface area (Å²) in [4.78, 5) is 23.7. The van der Waals surface area contributed by atoms with Gasteiger partial charge in [-0.1, -0.05) is 23.9 Å². The number of halogens is 3. The number of hydrogen-bond donors (Lipinski definition) is 0. The maximum atomic E-state index is 13.3. The highest BCUT2D eigenvalue weighted by atomic mass is 32.2. The van der Waals surface area contributed by atoms with Crippen LogP contribution in [0.1, 0.15) is 41.4 Å². The van der Waals surface area contributed by atoms with Crippen LogP contribution >= 0.6 is 11.8 Å². The highest BCUT2D eigenvalue weighted by molar-refractivity contribution is 7.98. The molecule has 1 aliphatic heterocycles. The fourth-order valence-corrected chi connectivity index (χ4v) is 3.80. The van der Waals surface area contributed by atoms with Crippen molar-refractivity contribution in [2.75, 3.05) is 31.6 Å². The molecule has 1 saturated heterocycles. The van der Waals surface area contributed by atoms with E-state index >= 15 is 0 Å². The van der Waals surface area contributed by atoms with E-state index in [9.17, 15) is 18.0 Å². The summed E-state index contributed by atoms with van der Waals surface area (Å²) in [5.41, 5.74) is 0.546. The van der Waals surface area contributed by atoms with E-state index in [1.165, 1.54) is 0 Å². The minimum absolute atomic E-state index is 0.0665. The van der Waals surface area contributed by atoms with Crippen molar-refractivity contribution in [2.45, 2.75) is 36.9 Å². The van der Waals surface area contributed by atoms with E-state index < -0.39 is 11.9 Å². The van der Waals surface area contributed by atoms with Gasteiger partial charge < -0.3 is 9.80 Å². The van der Waals surface area contributed by atoms with Gasteiger partial charge in [-0.3, -0.25) is 4.79 Å². The third-order valence-electron chi connectivity index (χ3n) is 4.80. The van der Waals surface area contributed by atoms with Crippen LogP contribution in [-0.2, 0) is 11.9 Å². The van der Waals surface area contributed by atoms with Gasteiger partial charge in [0.15, 0.2) is 10.9 Å². The van der Waals surface area contributed by atoms with Crippen LogP contribution in [0.25, 0.3) is 0 Å². The van der Waals surface area contributed by atoms with E-state index in [0.29, 0.717) is 36.8 Å². The Balaban J connectivity index is 1.74. The first-order valence-corrected chi connectivity index (χ1v) is 10.4. The van der Waals surface area contributed by atoms with Crippen LogP contribution in [0.2, 0.25) is 0 Å². The molecule has 29 heavy (non-hydrogen) atoms. The second-order valence-electron chi connectivity index (χ2n) is 6.89. The Morgan fingerprint density at radius 3 is 2.41 bits per heavy atom. The number of hydrogen-bond acceptors (Lipinski definition) is 5. The van der Waals surface area contributed by atoms with Gasteiger partial charge in [-0.2, -0.15) is 13.2 Å². The van der Waals surface area contributed by atoms with E-state index in [1.54, 1.807) is 36.2 Å². The Bertz CT molecular complexity index is 852. The molecule has 0 bridgehead atoms. The summed E-state index contributed by atoms with van der Waals surface area (Å²) in [7, 11) is 1.73. The second kappa shape index (κ2) is 9.02. The summed E-state index contributed by atoms with van der Waals surface area (Å²) in [5.74, 6) is 0.679. The van der Waals surface area contributed by atoms with E-state index in [4.69, 9.17) is 0 Å². The summed E-state index contributed by atoms with van der Waals surface area (Å²) in [6, 6.07) is 8.09. The highest BCUT2D eigenvalue weighted by Crippen LogP contribution is 2.33. The van der Waals surface area contributed by atoms with Crippen LogP contribution in [0.4, 0.5) is 19.0 Å². The van der Waals surface area contributed by atoms with Crippen LogP contribution < -0.4 is 4.90 Å². The lowest BCUT2D eigenvalue weighted by Gasteiger charge is -2.18. The molecular formula is C20H23F3N4OS. The summed E-state index contributed by atoms with van der Waals surface area (Å²) in [6.07, 6.45) is -2.61. The SMILES string of the molecule is CCN(C)C(=O)c1ccc(CSc2nc(N3CCCC3)cc(C(F)(F)F)n2)cc1. The van der Waals surface area contributed by atoms with Gasteiger partial charge in [-0.15, -0.1) is 0 Å². The molecular weight excluding hydrogens is 401 g/mol. The highest BCUT2D eigenvalue weighted by Gasteiger charge is 2.34. The number of nitrogens with zero attached hydrogens (tertiary/aromatic N) is 4. The molecule has 0 N–H and O–H groups in total. The lowest BCUT2D eigenvalue weighted by molar-refractivity contribution is -0.141. The molecule has 156 valence electrons. The molecule has 0 atom stereocenters. The number of carbonyl (C=O) groups is 1. The maximum absolute atomic E-state index is 13.3. The zero-order valence-corrected chi connectivity index (χ0v) is 17.2. The number of rotatable bonds is 6. The molecule has 1 fully saturated rings. The Labute approximate surface area is 172 Å². The topological polar surface area (TPSA) is 49.3 Å². The summed E-state index contributed by atoms with van der Waals surface area (Å²) < 4.78 is 39.8. The molecule has 1 aliphatic rings. The zero-order chi connectivity index (χ0) is 21.0.